The first-order chi connectivity index (χ1) is 5.59. The molecule has 0 aliphatic carbocycles. The lowest BCUT2D eigenvalue weighted by Gasteiger charge is -2.02. The number of hydrogen-bond acceptors (Lipinski definition) is 1. The number of carboxylic acid groups (broad SMARTS) is 1. The molecule has 0 amide bonds. The van der Waals surface area contributed by atoms with Gasteiger partial charge >= 0.3 is 5.97 Å². The summed E-state index contributed by atoms with van der Waals surface area (Å²) in [5.41, 5.74) is 1.94. The fourth-order valence-corrected chi connectivity index (χ4v) is 1.55. The van der Waals surface area contributed by atoms with E-state index in [-0.39, 0.29) is 6.42 Å². The molecule has 0 radical (unpaired) electrons. The van der Waals surface area contributed by atoms with Crippen LogP contribution in [0.3, 0.4) is 0 Å². The van der Waals surface area contributed by atoms with Crippen LogP contribution in [0.25, 0.3) is 0 Å². The van der Waals surface area contributed by atoms with E-state index < -0.39 is 5.97 Å². The summed E-state index contributed by atoms with van der Waals surface area (Å²) >= 11 is 2.18. The Kier molecular flexibility index (Phi) is 3.08. The number of aryl methyl sites for hydroxylation is 1. The molecule has 2 nitrogen and oxygen atoms in total. The van der Waals surface area contributed by atoms with Gasteiger partial charge in [-0.1, -0.05) is 6.07 Å². The van der Waals surface area contributed by atoms with Crippen LogP contribution in [0.1, 0.15) is 11.1 Å². The molecule has 0 spiro atoms. The molecule has 1 rings (SSSR count). The molecule has 3 heteroatoms. The van der Waals surface area contributed by atoms with Crippen LogP contribution >= 0.6 is 22.6 Å². The molecule has 12 heavy (non-hydrogen) atoms. The van der Waals surface area contributed by atoms with Gasteiger partial charge in [0.05, 0.1) is 6.42 Å². The highest BCUT2D eigenvalue weighted by Crippen LogP contribution is 2.13. The molecule has 0 atom stereocenters. The highest BCUT2D eigenvalue weighted by atomic mass is 127. The van der Waals surface area contributed by atoms with Crippen molar-refractivity contribution >= 4 is 28.6 Å². The van der Waals surface area contributed by atoms with Crippen molar-refractivity contribution in [3.8, 4) is 0 Å². The van der Waals surface area contributed by atoms with Gasteiger partial charge in [0.15, 0.2) is 0 Å². The maximum Gasteiger partial charge on any atom is 0.307 e. The zero-order valence-electron chi connectivity index (χ0n) is 6.67. The highest BCUT2D eigenvalue weighted by molar-refractivity contribution is 14.1. The van der Waals surface area contributed by atoms with E-state index in [0.29, 0.717) is 0 Å². The maximum absolute atomic E-state index is 10.4. The largest absolute Gasteiger partial charge is 0.481 e. The Labute approximate surface area is 84.7 Å². The van der Waals surface area contributed by atoms with Crippen LogP contribution in [0, 0.1) is 10.5 Å². The predicted octanol–water partition coefficient (Wildman–Crippen LogP) is 2.23. The minimum absolute atomic E-state index is 0.114. The highest BCUT2D eigenvalue weighted by Gasteiger charge is 2.03. The first kappa shape index (κ1) is 9.51. The third-order valence-corrected chi connectivity index (χ3v) is 2.32. The van der Waals surface area contributed by atoms with Gasteiger partial charge in [-0.05, 0) is 52.8 Å². The van der Waals surface area contributed by atoms with Crippen molar-refractivity contribution in [2.75, 3.05) is 0 Å². The van der Waals surface area contributed by atoms with E-state index in [4.69, 9.17) is 5.11 Å². The lowest BCUT2D eigenvalue weighted by Crippen LogP contribution is -2.02. The second kappa shape index (κ2) is 3.89. The number of carboxylic acids is 1. The number of aliphatic carboxylic acids is 1. The molecule has 1 aromatic carbocycles. The molecular weight excluding hydrogens is 267 g/mol. The summed E-state index contributed by atoms with van der Waals surface area (Å²) in [5.74, 6) is -0.778. The fraction of sp³-hybridized carbons (Fsp3) is 0.222. The Morgan fingerprint density at radius 1 is 1.58 bits per heavy atom. The third-order valence-electron chi connectivity index (χ3n) is 1.65. The van der Waals surface area contributed by atoms with E-state index in [1.165, 1.54) is 0 Å². The Hall–Kier alpha value is -0.580. The Morgan fingerprint density at radius 2 is 2.25 bits per heavy atom. The molecule has 1 N–H and O–H groups in total. The number of rotatable bonds is 2. The number of benzene rings is 1. The summed E-state index contributed by atoms with van der Waals surface area (Å²) in [6.45, 7) is 1.92. The van der Waals surface area contributed by atoms with Crippen LogP contribution in [0.2, 0.25) is 0 Å². The summed E-state index contributed by atoms with van der Waals surface area (Å²) in [5, 5.41) is 8.58. The molecule has 0 saturated heterocycles. The molecule has 0 unspecified atom stereocenters. The van der Waals surface area contributed by atoms with Gasteiger partial charge in [-0.15, -0.1) is 0 Å². The molecule has 0 fully saturated rings. The summed E-state index contributed by atoms with van der Waals surface area (Å²) in [6.07, 6.45) is 0.114. The van der Waals surface area contributed by atoms with Crippen molar-refractivity contribution in [1.82, 2.24) is 0 Å². The second-order valence-electron chi connectivity index (χ2n) is 2.64. The maximum atomic E-state index is 10.4. The first-order valence-corrected chi connectivity index (χ1v) is 4.64. The van der Waals surface area contributed by atoms with E-state index in [9.17, 15) is 4.79 Å². The van der Waals surface area contributed by atoms with E-state index in [1.54, 1.807) is 0 Å². The average molecular weight is 276 g/mol. The molecule has 0 heterocycles. The topological polar surface area (TPSA) is 37.3 Å². The van der Waals surface area contributed by atoms with Gasteiger partial charge in [0.25, 0.3) is 0 Å². The van der Waals surface area contributed by atoms with Gasteiger partial charge in [0.2, 0.25) is 0 Å². The van der Waals surface area contributed by atoms with E-state index in [0.717, 1.165) is 14.7 Å². The summed E-state index contributed by atoms with van der Waals surface area (Å²) in [4.78, 5) is 10.4. The normalized spacial score (nSPS) is 9.83. The van der Waals surface area contributed by atoms with E-state index in [1.807, 2.05) is 25.1 Å². The van der Waals surface area contributed by atoms with Gasteiger partial charge in [0.1, 0.15) is 0 Å². The van der Waals surface area contributed by atoms with Crippen LogP contribution in [-0.4, -0.2) is 11.1 Å². The van der Waals surface area contributed by atoms with Crippen molar-refractivity contribution in [2.45, 2.75) is 13.3 Å². The minimum atomic E-state index is -0.778. The fourth-order valence-electron chi connectivity index (χ4n) is 0.993. The van der Waals surface area contributed by atoms with Gasteiger partial charge in [0, 0.05) is 3.57 Å². The Morgan fingerprint density at radius 3 is 2.83 bits per heavy atom. The van der Waals surface area contributed by atoms with Crippen molar-refractivity contribution in [2.24, 2.45) is 0 Å². The van der Waals surface area contributed by atoms with Crippen LogP contribution in [-0.2, 0) is 11.2 Å². The molecule has 64 valence electrons. The number of halogens is 1. The summed E-state index contributed by atoms with van der Waals surface area (Å²) < 4.78 is 1.08. The predicted molar refractivity (Wildman–Crippen MR) is 55.2 cm³/mol. The zero-order chi connectivity index (χ0) is 9.14. The molecule has 0 bridgehead atoms. The first-order valence-electron chi connectivity index (χ1n) is 3.56. The molecule has 0 aliphatic heterocycles. The lowest BCUT2D eigenvalue weighted by molar-refractivity contribution is -0.136. The standard InChI is InChI=1S/C9H9IO2/c1-6-2-3-8(10)4-7(6)5-9(11)12/h2-4H,5H2,1H3,(H,11,12). The number of hydrogen-bond donors (Lipinski definition) is 1. The molecule has 1 aromatic rings. The molecule has 0 saturated carbocycles. The average Bonchev–Trinajstić information content (AvgIpc) is 1.96. The van der Waals surface area contributed by atoms with Crippen LogP contribution < -0.4 is 0 Å². The van der Waals surface area contributed by atoms with Crippen molar-refractivity contribution in [3.63, 3.8) is 0 Å². The molecule has 0 aromatic heterocycles. The van der Waals surface area contributed by atoms with Gasteiger partial charge in [-0.25, -0.2) is 0 Å². The van der Waals surface area contributed by atoms with Crippen LogP contribution in [0.15, 0.2) is 18.2 Å². The Bertz CT molecular complexity index is 307. The Balaban J connectivity index is 2.97. The summed E-state index contributed by atoms with van der Waals surface area (Å²) in [7, 11) is 0. The van der Waals surface area contributed by atoms with Crippen molar-refractivity contribution in [1.29, 1.82) is 0 Å². The third kappa shape index (κ3) is 2.48. The van der Waals surface area contributed by atoms with Crippen LogP contribution in [0.5, 0.6) is 0 Å². The van der Waals surface area contributed by atoms with Gasteiger partial charge in [-0.3, -0.25) is 4.79 Å². The van der Waals surface area contributed by atoms with Crippen molar-refractivity contribution < 1.29 is 9.90 Å². The van der Waals surface area contributed by atoms with E-state index >= 15 is 0 Å². The second-order valence-corrected chi connectivity index (χ2v) is 3.89. The van der Waals surface area contributed by atoms with Crippen molar-refractivity contribution in [3.05, 3.63) is 32.9 Å². The van der Waals surface area contributed by atoms with Gasteiger partial charge < -0.3 is 5.11 Å². The smallest absolute Gasteiger partial charge is 0.307 e. The number of carbonyl (C=O) groups is 1. The molecule has 0 aliphatic rings. The lowest BCUT2D eigenvalue weighted by atomic mass is 10.1. The monoisotopic (exact) mass is 276 g/mol. The molecular formula is C9H9IO2. The zero-order valence-corrected chi connectivity index (χ0v) is 8.83. The van der Waals surface area contributed by atoms with Crippen LogP contribution in [0.4, 0.5) is 0 Å². The SMILES string of the molecule is Cc1ccc(I)cc1CC(=O)O. The van der Waals surface area contributed by atoms with E-state index in [2.05, 4.69) is 22.6 Å². The van der Waals surface area contributed by atoms with Gasteiger partial charge in [-0.2, -0.15) is 0 Å². The summed E-state index contributed by atoms with van der Waals surface area (Å²) in [6, 6.07) is 5.82. The minimum Gasteiger partial charge on any atom is -0.481 e. The quantitative estimate of drug-likeness (QED) is 0.841.